The lowest BCUT2D eigenvalue weighted by atomic mass is 9.71. The molecule has 15 heavy (non-hydrogen) atoms. The summed E-state index contributed by atoms with van der Waals surface area (Å²) in [6.07, 6.45) is 4.10. The molecule has 0 aliphatic heterocycles. The van der Waals surface area contributed by atoms with Gasteiger partial charge in [0, 0.05) is 7.11 Å². The van der Waals surface area contributed by atoms with Crippen LogP contribution in [-0.2, 0) is 19.1 Å². The van der Waals surface area contributed by atoms with Gasteiger partial charge in [0.15, 0.2) is 5.78 Å². The smallest absolute Gasteiger partial charge is 0.319 e. The molecule has 0 amide bonds. The quantitative estimate of drug-likeness (QED) is 0.523. The standard InChI is InChI=1S/C11H18O4/c1-14-8-9(12)11(10(13)15-2)6-4-3-5-7-11/h3-8H2,1-2H3. The molecule has 0 bridgehead atoms. The van der Waals surface area contributed by atoms with Crippen molar-refractivity contribution in [2.24, 2.45) is 5.41 Å². The van der Waals surface area contributed by atoms with Crippen molar-refractivity contribution in [3.05, 3.63) is 0 Å². The third-order valence-electron chi connectivity index (χ3n) is 3.09. The Morgan fingerprint density at radius 2 is 1.73 bits per heavy atom. The van der Waals surface area contributed by atoms with Crippen LogP contribution in [0.25, 0.3) is 0 Å². The van der Waals surface area contributed by atoms with Gasteiger partial charge in [0.05, 0.1) is 7.11 Å². The molecule has 0 aromatic heterocycles. The maximum absolute atomic E-state index is 11.9. The van der Waals surface area contributed by atoms with Crippen molar-refractivity contribution in [3.8, 4) is 0 Å². The summed E-state index contributed by atoms with van der Waals surface area (Å²) in [4.78, 5) is 23.6. The van der Waals surface area contributed by atoms with Gasteiger partial charge in [-0.1, -0.05) is 19.3 Å². The lowest BCUT2D eigenvalue weighted by molar-refractivity contribution is -0.161. The molecule has 0 unspecified atom stereocenters. The van der Waals surface area contributed by atoms with E-state index < -0.39 is 11.4 Å². The van der Waals surface area contributed by atoms with Gasteiger partial charge < -0.3 is 9.47 Å². The van der Waals surface area contributed by atoms with Crippen LogP contribution in [0.3, 0.4) is 0 Å². The Kier molecular flexibility index (Phi) is 4.27. The van der Waals surface area contributed by atoms with Crippen molar-refractivity contribution < 1.29 is 19.1 Å². The van der Waals surface area contributed by atoms with E-state index in [1.807, 2.05) is 0 Å². The summed E-state index contributed by atoms with van der Waals surface area (Å²) in [5.41, 5.74) is -0.928. The zero-order valence-corrected chi connectivity index (χ0v) is 9.38. The number of rotatable bonds is 4. The van der Waals surface area contributed by atoms with E-state index in [4.69, 9.17) is 9.47 Å². The first-order chi connectivity index (χ1) is 7.17. The van der Waals surface area contributed by atoms with Crippen LogP contribution in [0.15, 0.2) is 0 Å². The van der Waals surface area contributed by atoms with Crippen LogP contribution in [0.5, 0.6) is 0 Å². The number of hydrogen-bond acceptors (Lipinski definition) is 4. The Bertz CT molecular complexity index is 241. The first-order valence-corrected chi connectivity index (χ1v) is 5.28. The number of ketones is 1. The molecule has 0 saturated heterocycles. The van der Waals surface area contributed by atoms with Crippen LogP contribution in [0, 0.1) is 5.41 Å². The first kappa shape index (κ1) is 12.2. The number of ether oxygens (including phenoxy) is 2. The molecular formula is C11H18O4. The third-order valence-corrected chi connectivity index (χ3v) is 3.09. The Morgan fingerprint density at radius 3 is 2.20 bits per heavy atom. The second-order valence-electron chi connectivity index (χ2n) is 3.99. The molecular weight excluding hydrogens is 196 g/mol. The summed E-state index contributed by atoms with van der Waals surface area (Å²) in [7, 11) is 2.80. The molecule has 1 aliphatic rings. The molecule has 4 heteroatoms. The number of methoxy groups -OCH3 is 2. The Morgan fingerprint density at radius 1 is 1.13 bits per heavy atom. The van der Waals surface area contributed by atoms with Gasteiger partial charge in [-0.15, -0.1) is 0 Å². The van der Waals surface area contributed by atoms with Crippen LogP contribution in [0.2, 0.25) is 0 Å². The average molecular weight is 214 g/mol. The summed E-state index contributed by atoms with van der Waals surface area (Å²) >= 11 is 0. The van der Waals surface area contributed by atoms with Crippen LogP contribution in [-0.4, -0.2) is 32.6 Å². The zero-order chi connectivity index (χ0) is 11.3. The van der Waals surface area contributed by atoms with E-state index in [1.165, 1.54) is 14.2 Å². The Hall–Kier alpha value is -0.900. The van der Waals surface area contributed by atoms with Gasteiger partial charge in [-0.3, -0.25) is 9.59 Å². The maximum Gasteiger partial charge on any atom is 0.319 e. The number of carbonyl (C=O) groups is 2. The molecule has 86 valence electrons. The third kappa shape index (κ3) is 2.37. The fourth-order valence-corrected chi connectivity index (χ4v) is 2.22. The molecule has 0 N–H and O–H groups in total. The van der Waals surface area contributed by atoms with Crippen LogP contribution in [0.1, 0.15) is 32.1 Å². The molecule has 0 heterocycles. The van der Waals surface area contributed by atoms with Crippen molar-refractivity contribution in [1.29, 1.82) is 0 Å². The Balaban J connectivity index is 2.84. The topological polar surface area (TPSA) is 52.6 Å². The highest BCUT2D eigenvalue weighted by molar-refractivity contribution is 6.04. The van der Waals surface area contributed by atoms with E-state index in [0.717, 1.165) is 19.3 Å². The molecule has 0 aromatic rings. The van der Waals surface area contributed by atoms with E-state index in [2.05, 4.69) is 0 Å². The summed E-state index contributed by atoms with van der Waals surface area (Å²) < 4.78 is 9.56. The molecule has 0 spiro atoms. The van der Waals surface area contributed by atoms with Gasteiger partial charge in [-0.2, -0.15) is 0 Å². The summed E-state index contributed by atoms with van der Waals surface area (Å²) in [5, 5.41) is 0. The highest BCUT2D eigenvalue weighted by Crippen LogP contribution is 2.38. The predicted molar refractivity (Wildman–Crippen MR) is 54.4 cm³/mol. The normalized spacial score (nSPS) is 19.6. The second-order valence-corrected chi connectivity index (χ2v) is 3.99. The first-order valence-electron chi connectivity index (χ1n) is 5.28. The minimum atomic E-state index is -0.928. The molecule has 0 aromatic carbocycles. The number of hydrogen-bond donors (Lipinski definition) is 0. The van der Waals surface area contributed by atoms with Crippen LogP contribution >= 0.6 is 0 Å². The molecule has 1 aliphatic carbocycles. The summed E-state index contributed by atoms with van der Waals surface area (Å²) in [6, 6.07) is 0. The second kappa shape index (κ2) is 5.26. The van der Waals surface area contributed by atoms with Gasteiger partial charge in [0.2, 0.25) is 0 Å². The lowest BCUT2D eigenvalue weighted by Gasteiger charge is -2.32. The molecule has 4 nitrogen and oxygen atoms in total. The number of esters is 1. The minimum Gasteiger partial charge on any atom is -0.468 e. The van der Waals surface area contributed by atoms with Crippen molar-refractivity contribution in [2.75, 3.05) is 20.8 Å². The van der Waals surface area contributed by atoms with E-state index in [0.29, 0.717) is 12.8 Å². The van der Waals surface area contributed by atoms with Crippen molar-refractivity contribution in [1.82, 2.24) is 0 Å². The van der Waals surface area contributed by atoms with E-state index >= 15 is 0 Å². The van der Waals surface area contributed by atoms with Crippen molar-refractivity contribution in [3.63, 3.8) is 0 Å². The minimum absolute atomic E-state index is 0.00486. The van der Waals surface area contributed by atoms with E-state index in [-0.39, 0.29) is 12.4 Å². The largest absolute Gasteiger partial charge is 0.468 e. The van der Waals surface area contributed by atoms with E-state index in [9.17, 15) is 9.59 Å². The van der Waals surface area contributed by atoms with Gasteiger partial charge in [-0.05, 0) is 12.8 Å². The summed E-state index contributed by atoms with van der Waals surface area (Å²) in [6.45, 7) is -0.00486. The van der Waals surface area contributed by atoms with Crippen LogP contribution < -0.4 is 0 Å². The number of carbonyl (C=O) groups excluding carboxylic acids is 2. The fraction of sp³-hybridized carbons (Fsp3) is 0.818. The van der Waals surface area contributed by atoms with Crippen LogP contribution in [0.4, 0.5) is 0 Å². The van der Waals surface area contributed by atoms with Crippen molar-refractivity contribution >= 4 is 11.8 Å². The van der Waals surface area contributed by atoms with Gasteiger partial charge in [0.25, 0.3) is 0 Å². The van der Waals surface area contributed by atoms with Gasteiger partial charge in [-0.25, -0.2) is 0 Å². The zero-order valence-electron chi connectivity index (χ0n) is 9.38. The van der Waals surface area contributed by atoms with Gasteiger partial charge >= 0.3 is 5.97 Å². The predicted octanol–water partition coefficient (Wildman–Crippen LogP) is 1.33. The highest BCUT2D eigenvalue weighted by atomic mass is 16.5. The highest BCUT2D eigenvalue weighted by Gasteiger charge is 2.46. The number of Topliss-reactive ketones (excluding diaryl/α,β-unsaturated/α-hetero) is 1. The Labute approximate surface area is 89.9 Å². The molecule has 1 saturated carbocycles. The SMILES string of the molecule is COCC(=O)C1(C(=O)OC)CCCCC1. The molecule has 1 rings (SSSR count). The van der Waals surface area contributed by atoms with E-state index in [1.54, 1.807) is 0 Å². The lowest BCUT2D eigenvalue weighted by Crippen LogP contribution is -2.43. The summed E-state index contributed by atoms with van der Waals surface area (Å²) in [5.74, 6) is -0.541. The monoisotopic (exact) mass is 214 g/mol. The van der Waals surface area contributed by atoms with Crippen molar-refractivity contribution in [2.45, 2.75) is 32.1 Å². The van der Waals surface area contributed by atoms with Gasteiger partial charge in [0.1, 0.15) is 12.0 Å². The molecule has 0 radical (unpaired) electrons. The maximum atomic E-state index is 11.9. The fourth-order valence-electron chi connectivity index (χ4n) is 2.22. The molecule has 0 atom stereocenters. The molecule has 1 fully saturated rings. The average Bonchev–Trinajstić information content (AvgIpc) is 2.29.